The second kappa shape index (κ2) is 6.63. The van der Waals surface area contributed by atoms with E-state index in [1.807, 2.05) is 19.1 Å². The van der Waals surface area contributed by atoms with Crippen molar-refractivity contribution in [2.75, 3.05) is 6.54 Å². The van der Waals surface area contributed by atoms with Crippen LogP contribution in [0.2, 0.25) is 0 Å². The van der Waals surface area contributed by atoms with Crippen molar-refractivity contribution in [1.29, 1.82) is 0 Å². The molecule has 20 heavy (non-hydrogen) atoms. The molecule has 1 aromatic heterocycles. The third-order valence-electron chi connectivity index (χ3n) is 3.14. The summed E-state index contributed by atoms with van der Waals surface area (Å²) in [7, 11) is 0. The minimum absolute atomic E-state index is 0.0819. The predicted molar refractivity (Wildman–Crippen MR) is 80.8 cm³/mol. The maximum atomic E-state index is 14.3. The van der Waals surface area contributed by atoms with E-state index in [2.05, 4.69) is 4.90 Å². The zero-order valence-electron chi connectivity index (χ0n) is 11.3. The number of nitrogens with two attached hydrogens (primary N) is 1. The lowest BCUT2D eigenvalue weighted by Gasteiger charge is -2.20. The fourth-order valence-corrected chi connectivity index (χ4v) is 2.19. The molecule has 0 aliphatic rings. The molecule has 2 aromatic rings. The number of furan rings is 1. The number of nitrogens with zero attached hydrogens (tertiary/aromatic N) is 1. The van der Waals surface area contributed by atoms with Crippen molar-refractivity contribution in [3.63, 3.8) is 0 Å². The van der Waals surface area contributed by atoms with Gasteiger partial charge >= 0.3 is 0 Å². The molecule has 1 aromatic carbocycles. The zero-order chi connectivity index (χ0) is 14.5. The van der Waals surface area contributed by atoms with Gasteiger partial charge in [0.2, 0.25) is 0 Å². The predicted octanol–water partition coefficient (Wildman–Crippen LogP) is 3.08. The Bertz CT molecular complexity index is 584. The first-order chi connectivity index (χ1) is 9.61. The summed E-state index contributed by atoms with van der Waals surface area (Å²) in [6.45, 7) is 3.94. The first-order valence-electron chi connectivity index (χ1n) is 6.43. The summed E-state index contributed by atoms with van der Waals surface area (Å²) in [4.78, 5) is 2.17. The van der Waals surface area contributed by atoms with Gasteiger partial charge in [-0.2, -0.15) is 0 Å². The Labute approximate surface area is 123 Å². The Morgan fingerprint density at radius 2 is 2.10 bits per heavy atom. The van der Waals surface area contributed by atoms with Gasteiger partial charge in [-0.3, -0.25) is 4.90 Å². The van der Waals surface area contributed by atoms with Crippen LogP contribution in [0.15, 0.2) is 41.0 Å². The minimum atomic E-state index is -0.335. The smallest absolute Gasteiger partial charge is 0.137 e. The van der Waals surface area contributed by atoms with Crippen molar-refractivity contribution >= 4 is 17.2 Å². The summed E-state index contributed by atoms with van der Waals surface area (Å²) in [5, 5.41) is 0. The van der Waals surface area contributed by atoms with E-state index in [0.29, 0.717) is 24.2 Å². The van der Waals surface area contributed by atoms with Crippen LogP contribution in [0.4, 0.5) is 4.39 Å². The van der Waals surface area contributed by atoms with Gasteiger partial charge in [0, 0.05) is 17.7 Å². The summed E-state index contributed by atoms with van der Waals surface area (Å²) in [6, 6.07) is 8.88. The fraction of sp³-hybridized carbons (Fsp3) is 0.267. The van der Waals surface area contributed by atoms with Gasteiger partial charge in [0.05, 0.1) is 12.8 Å². The second-order valence-corrected chi connectivity index (χ2v) is 4.97. The summed E-state index contributed by atoms with van der Waals surface area (Å²) in [5.74, 6) is 0.524. The highest BCUT2D eigenvalue weighted by Crippen LogP contribution is 2.16. The Kier molecular flexibility index (Phi) is 4.87. The molecule has 106 valence electrons. The normalized spacial score (nSPS) is 10.9. The topological polar surface area (TPSA) is 42.4 Å². The van der Waals surface area contributed by atoms with Gasteiger partial charge in [0.1, 0.15) is 16.6 Å². The Balaban J connectivity index is 2.15. The molecule has 0 unspecified atom stereocenters. The monoisotopic (exact) mass is 292 g/mol. The van der Waals surface area contributed by atoms with Crippen LogP contribution in [0.3, 0.4) is 0 Å². The summed E-state index contributed by atoms with van der Waals surface area (Å²) < 4.78 is 19.6. The van der Waals surface area contributed by atoms with E-state index < -0.39 is 0 Å². The molecule has 0 amide bonds. The van der Waals surface area contributed by atoms with Crippen molar-refractivity contribution in [3.05, 3.63) is 59.3 Å². The highest BCUT2D eigenvalue weighted by Gasteiger charge is 2.13. The maximum Gasteiger partial charge on any atom is 0.137 e. The van der Waals surface area contributed by atoms with Gasteiger partial charge < -0.3 is 10.2 Å². The van der Waals surface area contributed by atoms with E-state index in [0.717, 1.165) is 12.3 Å². The molecular formula is C15H17FN2OS. The molecule has 0 spiro atoms. The molecule has 0 saturated heterocycles. The van der Waals surface area contributed by atoms with E-state index in [1.54, 1.807) is 24.5 Å². The molecule has 0 aliphatic heterocycles. The molecule has 0 atom stereocenters. The number of rotatable bonds is 6. The van der Waals surface area contributed by atoms with Crippen LogP contribution in [0.25, 0.3) is 0 Å². The van der Waals surface area contributed by atoms with E-state index >= 15 is 0 Å². The maximum absolute atomic E-state index is 14.3. The third-order valence-corrected chi connectivity index (χ3v) is 3.36. The van der Waals surface area contributed by atoms with Crippen LogP contribution in [0.1, 0.15) is 23.8 Å². The van der Waals surface area contributed by atoms with Crippen LogP contribution in [0, 0.1) is 5.82 Å². The molecule has 0 saturated carbocycles. The van der Waals surface area contributed by atoms with Crippen LogP contribution >= 0.6 is 12.2 Å². The number of hydrogen-bond acceptors (Lipinski definition) is 3. The van der Waals surface area contributed by atoms with Crippen molar-refractivity contribution in [2.45, 2.75) is 20.0 Å². The lowest BCUT2D eigenvalue weighted by Crippen LogP contribution is -2.23. The van der Waals surface area contributed by atoms with Crippen molar-refractivity contribution in [3.8, 4) is 0 Å². The minimum Gasteiger partial charge on any atom is -0.468 e. The van der Waals surface area contributed by atoms with Crippen molar-refractivity contribution in [1.82, 2.24) is 4.90 Å². The highest BCUT2D eigenvalue weighted by atomic mass is 32.1. The average Bonchev–Trinajstić information content (AvgIpc) is 2.92. The lowest BCUT2D eigenvalue weighted by atomic mass is 10.1. The van der Waals surface area contributed by atoms with E-state index in [1.165, 1.54) is 0 Å². The lowest BCUT2D eigenvalue weighted by molar-refractivity contribution is 0.244. The molecule has 0 aliphatic carbocycles. The van der Waals surface area contributed by atoms with E-state index in [-0.39, 0.29) is 10.8 Å². The van der Waals surface area contributed by atoms with Crippen LogP contribution < -0.4 is 5.73 Å². The number of thiocarbonyl (C=S) groups is 1. The Hall–Kier alpha value is -1.72. The first-order valence-corrected chi connectivity index (χ1v) is 6.84. The van der Waals surface area contributed by atoms with Gasteiger partial charge in [-0.15, -0.1) is 0 Å². The van der Waals surface area contributed by atoms with Gasteiger partial charge in [-0.1, -0.05) is 31.3 Å². The molecular weight excluding hydrogens is 275 g/mol. The molecule has 0 bridgehead atoms. The standard InChI is InChI=1S/C15H17FN2OS/c1-2-18(10-12-6-4-8-19-12)9-11-5-3-7-13(14(11)16)15(17)20/h3-8H,2,9-10H2,1H3,(H2,17,20). The first kappa shape index (κ1) is 14.7. The molecule has 0 fully saturated rings. The van der Waals surface area contributed by atoms with Gasteiger partial charge in [-0.25, -0.2) is 4.39 Å². The second-order valence-electron chi connectivity index (χ2n) is 4.53. The quantitative estimate of drug-likeness (QED) is 0.831. The molecule has 3 nitrogen and oxygen atoms in total. The van der Waals surface area contributed by atoms with Gasteiger partial charge in [0.15, 0.2) is 0 Å². The molecule has 0 radical (unpaired) electrons. The third kappa shape index (κ3) is 3.43. The Morgan fingerprint density at radius 3 is 2.70 bits per heavy atom. The SMILES string of the molecule is CCN(Cc1ccco1)Cc1cccc(C(N)=S)c1F. The van der Waals surface area contributed by atoms with Crippen molar-refractivity contribution < 1.29 is 8.81 Å². The van der Waals surface area contributed by atoms with Crippen LogP contribution in [0.5, 0.6) is 0 Å². The summed E-state index contributed by atoms with van der Waals surface area (Å²) in [5.41, 5.74) is 6.40. The van der Waals surface area contributed by atoms with Crippen molar-refractivity contribution in [2.24, 2.45) is 5.73 Å². The molecule has 1 heterocycles. The van der Waals surface area contributed by atoms with Crippen LogP contribution in [-0.2, 0) is 13.1 Å². The highest BCUT2D eigenvalue weighted by molar-refractivity contribution is 7.80. The van der Waals surface area contributed by atoms with E-state index in [9.17, 15) is 4.39 Å². The van der Waals surface area contributed by atoms with Gasteiger partial charge in [0.25, 0.3) is 0 Å². The number of halogens is 1. The summed E-state index contributed by atoms with van der Waals surface area (Å²) >= 11 is 4.85. The Morgan fingerprint density at radius 1 is 1.30 bits per heavy atom. The fourth-order valence-electron chi connectivity index (χ4n) is 2.04. The largest absolute Gasteiger partial charge is 0.468 e. The van der Waals surface area contributed by atoms with E-state index in [4.69, 9.17) is 22.4 Å². The molecule has 2 N–H and O–H groups in total. The number of benzene rings is 1. The average molecular weight is 292 g/mol. The number of hydrogen-bond donors (Lipinski definition) is 1. The zero-order valence-corrected chi connectivity index (χ0v) is 12.1. The van der Waals surface area contributed by atoms with Crippen LogP contribution in [-0.4, -0.2) is 16.4 Å². The summed E-state index contributed by atoms with van der Waals surface area (Å²) in [6.07, 6.45) is 1.64. The van der Waals surface area contributed by atoms with Gasteiger partial charge in [-0.05, 0) is 24.7 Å². The molecule has 5 heteroatoms. The molecule has 2 rings (SSSR count).